The molecule has 1 saturated heterocycles. The van der Waals surface area contributed by atoms with Crippen LogP contribution < -0.4 is 0 Å². The Morgan fingerprint density at radius 3 is 3.18 bits per heavy atom. The number of hydrogen-bond donors (Lipinski definition) is 0. The summed E-state index contributed by atoms with van der Waals surface area (Å²) >= 11 is 0. The summed E-state index contributed by atoms with van der Waals surface area (Å²) in [4.78, 5) is 0. The fraction of sp³-hybridized carbons (Fsp3) is 0.750. The fourth-order valence-corrected chi connectivity index (χ4v) is 1.01. The van der Waals surface area contributed by atoms with Crippen LogP contribution in [0, 0.1) is 17.9 Å². The van der Waals surface area contributed by atoms with Crippen molar-refractivity contribution in [1.29, 1.82) is 5.26 Å². The zero-order valence-electron chi connectivity index (χ0n) is 6.45. The third-order valence-electron chi connectivity index (χ3n) is 1.56. The number of ether oxygens (including phenoxy) is 2. The molecule has 0 amide bonds. The number of nitrogens with zero attached hydrogens (tertiary/aromatic N) is 1. The van der Waals surface area contributed by atoms with Gasteiger partial charge in [0.2, 0.25) is 0 Å². The molecule has 0 aromatic rings. The van der Waals surface area contributed by atoms with Crippen LogP contribution in [0.3, 0.4) is 0 Å². The van der Waals surface area contributed by atoms with Gasteiger partial charge in [0.05, 0.1) is 12.5 Å². The summed E-state index contributed by atoms with van der Waals surface area (Å²) in [5, 5.41) is 8.19. The summed E-state index contributed by atoms with van der Waals surface area (Å²) in [6.45, 7) is 2.29. The van der Waals surface area contributed by atoms with Gasteiger partial charge in [-0.05, 0) is 19.3 Å². The van der Waals surface area contributed by atoms with Crippen molar-refractivity contribution >= 4 is 0 Å². The van der Waals surface area contributed by atoms with Gasteiger partial charge in [-0.1, -0.05) is 0 Å². The van der Waals surface area contributed by atoms with Gasteiger partial charge in [0.25, 0.3) is 0 Å². The summed E-state index contributed by atoms with van der Waals surface area (Å²) in [6.07, 6.45) is 3.46. The lowest BCUT2D eigenvalue weighted by molar-refractivity contribution is -0.142. The second kappa shape index (κ2) is 5.11. The molecule has 1 atom stereocenters. The maximum Gasteiger partial charge on any atom is 0.158 e. The van der Waals surface area contributed by atoms with Crippen molar-refractivity contribution in [2.45, 2.75) is 32.0 Å². The molecule has 0 aromatic heterocycles. The molecule has 11 heavy (non-hydrogen) atoms. The van der Waals surface area contributed by atoms with Crippen LogP contribution in [0.4, 0.5) is 0 Å². The molecule has 1 aliphatic rings. The molecule has 0 aromatic carbocycles. The highest BCUT2D eigenvalue weighted by molar-refractivity contribution is 4.75. The molecule has 1 fully saturated rings. The molecular weight excluding hydrogens is 142 g/mol. The van der Waals surface area contributed by atoms with Crippen LogP contribution in [0.15, 0.2) is 0 Å². The Balaban J connectivity index is 2.01. The molecule has 0 spiro atoms. The smallest absolute Gasteiger partial charge is 0.158 e. The normalized spacial score (nSPS) is 24.5. The lowest BCUT2D eigenvalue weighted by atomic mass is 10.2. The first-order valence-electron chi connectivity index (χ1n) is 3.89. The highest BCUT2D eigenvalue weighted by Gasteiger charge is 2.13. The minimum Gasteiger partial charge on any atom is -0.353 e. The van der Waals surface area contributed by atoms with Gasteiger partial charge in [0.1, 0.15) is 6.61 Å². The predicted octanol–water partition coefficient (Wildman–Crippen LogP) is 1.61. The Kier molecular flexibility index (Phi) is 3.95. The summed E-state index contributed by atoms with van der Waals surface area (Å²) in [5.41, 5.74) is 0. The second-order valence-corrected chi connectivity index (χ2v) is 2.46. The van der Waals surface area contributed by atoms with Gasteiger partial charge in [-0.25, -0.2) is 0 Å². The molecule has 3 nitrogen and oxygen atoms in total. The van der Waals surface area contributed by atoms with Crippen LogP contribution in [0.1, 0.15) is 25.7 Å². The van der Waals surface area contributed by atoms with Gasteiger partial charge in [-0.2, -0.15) is 5.26 Å². The predicted molar refractivity (Wildman–Crippen MR) is 39.2 cm³/mol. The van der Waals surface area contributed by atoms with E-state index >= 15 is 0 Å². The third kappa shape index (κ3) is 3.35. The molecule has 0 aliphatic carbocycles. The largest absolute Gasteiger partial charge is 0.353 e. The van der Waals surface area contributed by atoms with E-state index in [4.69, 9.17) is 14.7 Å². The number of rotatable bonds is 3. The van der Waals surface area contributed by atoms with Crippen molar-refractivity contribution < 1.29 is 9.47 Å². The maximum absolute atomic E-state index is 8.19. The van der Waals surface area contributed by atoms with Gasteiger partial charge in [-0.15, -0.1) is 0 Å². The van der Waals surface area contributed by atoms with Crippen LogP contribution in [0.2, 0.25) is 0 Å². The molecule has 0 saturated carbocycles. The van der Waals surface area contributed by atoms with Gasteiger partial charge >= 0.3 is 0 Å². The average Bonchev–Trinajstić information content (AvgIpc) is 2.07. The van der Waals surface area contributed by atoms with Crippen LogP contribution in [0.5, 0.6) is 0 Å². The van der Waals surface area contributed by atoms with E-state index in [9.17, 15) is 0 Å². The molecule has 0 bridgehead atoms. The van der Waals surface area contributed by atoms with E-state index in [0.717, 1.165) is 25.9 Å². The highest BCUT2D eigenvalue weighted by atomic mass is 16.7. The van der Waals surface area contributed by atoms with E-state index in [1.807, 2.05) is 6.07 Å². The quantitative estimate of drug-likeness (QED) is 0.580. The van der Waals surface area contributed by atoms with Crippen molar-refractivity contribution in [2.75, 3.05) is 6.61 Å². The topological polar surface area (TPSA) is 42.2 Å². The van der Waals surface area contributed by atoms with Crippen molar-refractivity contribution in [3.8, 4) is 6.07 Å². The molecular formula is C8H12NO2. The first kappa shape index (κ1) is 8.51. The Morgan fingerprint density at radius 1 is 1.64 bits per heavy atom. The first-order valence-corrected chi connectivity index (χ1v) is 3.89. The molecule has 1 radical (unpaired) electrons. The first-order chi connectivity index (χ1) is 5.43. The maximum atomic E-state index is 8.19. The minimum absolute atomic E-state index is 0.0999. The van der Waals surface area contributed by atoms with Crippen LogP contribution >= 0.6 is 0 Å². The van der Waals surface area contributed by atoms with Crippen molar-refractivity contribution in [2.24, 2.45) is 0 Å². The minimum atomic E-state index is -0.0999. The van der Waals surface area contributed by atoms with Gasteiger partial charge in [0, 0.05) is 6.61 Å². The van der Waals surface area contributed by atoms with E-state index < -0.39 is 0 Å². The standard InChI is InChI=1S/C8H12NO2/c9-5-3-7-11-8-4-1-2-6-10-8/h7-8H,1-4,6H2. The second-order valence-electron chi connectivity index (χ2n) is 2.46. The van der Waals surface area contributed by atoms with Gasteiger partial charge in [0.15, 0.2) is 6.29 Å². The Labute approximate surface area is 66.9 Å². The van der Waals surface area contributed by atoms with Gasteiger partial charge in [-0.3, -0.25) is 0 Å². The number of nitriles is 1. The average molecular weight is 154 g/mol. The number of hydrogen-bond acceptors (Lipinski definition) is 3. The SMILES string of the molecule is N#CC[CH]OC1CCCCO1. The zero-order valence-corrected chi connectivity index (χ0v) is 6.45. The molecule has 0 N–H and O–H groups in total. The molecule has 3 heteroatoms. The van der Waals surface area contributed by atoms with Gasteiger partial charge < -0.3 is 9.47 Å². The van der Waals surface area contributed by atoms with Crippen LogP contribution in [0.25, 0.3) is 0 Å². The Morgan fingerprint density at radius 2 is 2.55 bits per heavy atom. The Hall–Kier alpha value is -0.590. The summed E-state index contributed by atoms with van der Waals surface area (Å²) in [5.74, 6) is 0. The molecule has 61 valence electrons. The summed E-state index contributed by atoms with van der Waals surface area (Å²) in [6, 6.07) is 1.97. The van der Waals surface area contributed by atoms with E-state index in [2.05, 4.69) is 0 Å². The van der Waals surface area contributed by atoms with Crippen LogP contribution in [-0.2, 0) is 9.47 Å². The van der Waals surface area contributed by atoms with Crippen molar-refractivity contribution in [3.63, 3.8) is 0 Å². The zero-order chi connectivity index (χ0) is 7.94. The molecule has 1 heterocycles. The third-order valence-corrected chi connectivity index (χ3v) is 1.56. The van der Waals surface area contributed by atoms with E-state index in [-0.39, 0.29) is 6.29 Å². The summed E-state index contributed by atoms with van der Waals surface area (Å²) < 4.78 is 10.4. The lowest BCUT2D eigenvalue weighted by Gasteiger charge is -2.21. The summed E-state index contributed by atoms with van der Waals surface area (Å²) in [7, 11) is 0. The lowest BCUT2D eigenvalue weighted by Crippen LogP contribution is -2.21. The Bertz CT molecular complexity index is 136. The van der Waals surface area contributed by atoms with E-state index in [1.54, 1.807) is 0 Å². The van der Waals surface area contributed by atoms with E-state index in [1.165, 1.54) is 6.61 Å². The fourth-order valence-electron chi connectivity index (χ4n) is 1.01. The highest BCUT2D eigenvalue weighted by Crippen LogP contribution is 2.14. The van der Waals surface area contributed by atoms with E-state index in [0.29, 0.717) is 6.42 Å². The molecule has 1 rings (SSSR count). The molecule has 1 unspecified atom stereocenters. The van der Waals surface area contributed by atoms with Crippen LogP contribution in [-0.4, -0.2) is 12.9 Å². The van der Waals surface area contributed by atoms with Crippen molar-refractivity contribution in [3.05, 3.63) is 6.61 Å². The van der Waals surface area contributed by atoms with Crippen molar-refractivity contribution in [1.82, 2.24) is 0 Å². The monoisotopic (exact) mass is 154 g/mol. The molecule has 1 aliphatic heterocycles.